The molecule has 0 aliphatic heterocycles. The number of H-pyrrole nitrogens is 1. The van der Waals surface area contributed by atoms with Gasteiger partial charge in [-0.2, -0.15) is 5.10 Å². The molecule has 0 radical (unpaired) electrons. The third-order valence-electron chi connectivity index (χ3n) is 4.25. The Hall–Kier alpha value is -2.30. The van der Waals surface area contributed by atoms with Crippen molar-refractivity contribution < 1.29 is 9.53 Å². The van der Waals surface area contributed by atoms with Gasteiger partial charge >= 0.3 is 6.09 Å². The maximum atomic E-state index is 11.9. The van der Waals surface area contributed by atoms with Gasteiger partial charge in [-0.3, -0.25) is 5.10 Å². The lowest BCUT2D eigenvalue weighted by Crippen LogP contribution is -2.39. The van der Waals surface area contributed by atoms with Gasteiger partial charge in [0.25, 0.3) is 0 Å². The fourth-order valence-corrected chi connectivity index (χ4v) is 3.04. The number of nitrogens with zero attached hydrogens (tertiary/aromatic N) is 1. The van der Waals surface area contributed by atoms with E-state index in [1.165, 1.54) is 16.5 Å². The van der Waals surface area contributed by atoms with Gasteiger partial charge in [-0.25, -0.2) is 4.79 Å². The van der Waals surface area contributed by atoms with Crippen LogP contribution in [0.2, 0.25) is 0 Å². The number of allylic oxidation sites excluding steroid dienone is 1. The molecule has 0 saturated heterocycles. The largest absolute Gasteiger partial charge is 0.444 e. The van der Waals surface area contributed by atoms with Crippen molar-refractivity contribution in [3.8, 4) is 0 Å². The number of hydrogen-bond donors (Lipinski definition) is 2. The van der Waals surface area contributed by atoms with Crippen molar-refractivity contribution in [1.29, 1.82) is 0 Å². The van der Waals surface area contributed by atoms with E-state index in [9.17, 15) is 4.79 Å². The van der Waals surface area contributed by atoms with Crippen LogP contribution in [-0.4, -0.2) is 27.9 Å². The predicted octanol–water partition coefficient (Wildman–Crippen LogP) is 4.33. The zero-order valence-electron chi connectivity index (χ0n) is 14.8. The van der Waals surface area contributed by atoms with Crippen LogP contribution in [0.15, 0.2) is 24.3 Å². The summed E-state index contributed by atoms with van der Waals surface area (Å²) >= 11 is 0. The van der Waals surface area contributed by atoms with E-state index in [4.69, 9.17) is 4.74 Å². The second-order valence-electron chi connectivity index (χ2n) is 7.43. The Morgan fingerprint density at radius 2 is 2.17 bits per heavy atom. The van der Waals surface area contributed by atoms with Crippen LogP contribution in [0.5, 0.6) is 0 Å². The van der Waals surface area contributed by atoms with Gasteiger partial charge < -0.3 is 10.1 Å². The predicted molar refractivity (Wildman–Crippen MR) is 95.8 cm³/mol. The van der Waals surface area contributed by atoms with Crippen LogP contribution < -0.4 is 5.32 Å². The van der Waals surface area contributed by atoms with Crippen molar-refractivity contribution in [3.63, 3.8) is 0 Å². The van der Waals surface area contributed by atoms with E-state index in [0.717, 1.165) is 30.5 Å². The highest BCUT2D eigenvalue weighted by Gasteiger charge is 2.21. The molecule has 2 N–H and O–H groups in total. The van der Waals surface area contributed by atoms with Crippen LogP contribution in [-0.2, 0) is 4.74 Å². The number of hydrogen-bond acceptors (Lipinski definition) is 3. The minimum atomic E-state index is -0.461. The van der Waals surface area contributed by atoms with E-state index < -0.39 is 5.60 Å². The lowest BCUT2D eigenvalue weighted by Gasteiger charge is -2.26. The smallest absolute Gasteiger partial charge is 0.407 e. The number of aromatic amines is 1. The summed E-state index contributed by atoms with van der Waals surface area (Å²) in [6.45, 7) is 7.66. The van der Waals surface area contributed by atoms with Gasteiger partial charge in [0.2, 0.25) is 0 Å². The summed E-state index contributed by atoms with van der Waals surface area (Å²) in [5.74, 6) is 0. The molecule has 1 heterocycles. The third-order valence-corrected chi connectivity index (χ3v) is 4.25. The second-order valence-corrected chi connectivity index (χ2v) is 7.43. The molecule has 3 rings (SSSR count). The average Bonchev–Trinajstić information content (AvgIpc) is 2.87. The molecule has 2 aromatic rings. The summed E-state index contributed by atoms with van der Waals surface area (Å²) in [5.41, 5.74) is 4.20. The van der Waals surface area contributed by atoms with Crippen LogP contribution >= 0.6 is 0 Å². The van der Waals surface area contributed by atoms with Crippen LogP contribution in [0.25, 0.3) is 16.5 Å². The van der Waals surface area contributed by atoms with Gasteiger partial charge in [0.1, 0.15) is 5.60 Å². The highest BCUT2D eigenvalue weighted by atomic mass is 16.6. The Bertz CT molecular complexity index is 783. The number of fused-ring (bicyclic) bond motifs is 1. The molecular formula is C19H25N3O2. The molecule has 1 aromatic heterocycles. The molecule has 1 amide bonds. The van der Waals surface area contributed by atoms with E-state index in [1.807, 2.05) is 27.7 Å². The molecule has 128 valence electrons. The van der Waals surface area contributed by atoms with Crippen LogP contribution in [0.4, 0.5) is 4.79 Å². The number of carbonyl (C=O) groups excluding carboxylic acids is 1. The Labute approximate surface area is 142 Å². The van der Waals surface area contributed by atoms with Crippen molar-refractivity contribution in [1.82, 2.24) is 15.5 Å². The lowest BCUT2D eigenvalue weighted by atomic mass is 9.90. The van der Waals surface area contributed by atoms with E-state index in [2.05, 4.69) is 39.8 Å². The summed E-state index contributed by atoms with van der Waals surface area (Å²) in [4.78, 5) is 11.9. The summed E-state index contributed by atoms with van der Waals surface area (Å²) < 4.78 is 5.32. The standard InChI is InChI=1S/C19H25N3O2/c1-12-16-11-14(7-10-17(16)22-21-12)13-5-8-15(9-6-13)20-18(23)24-19(2,3)4/h5,7,10-11,15H,6,8-9H2,1-4H3,(H,20,23)(H,21,22). The normalized spacial score (nSPS) is 18.3. The molecule has 1 unspecified atom stereocenters. The highest BCUT2D eigenvalue weighted by Crippen LogP contribution is 2.29. The number of amides is 1. The number of nitrogens with one attached hydrogen (secondary N) is 2. The first-order valence-electron chi connectivity index (χ1n) is 8.45. The van der Waals surface area contributed by atoms with Crippen LogP contribution in [0, 0.1) is 6.92 Å². The monoisotopic (exact) mass is 327 g/mol. The van der Waals surface area contributed by atoms with E-state index in [1.54, 1.807) is 0 Å². The molecule has 0 saturated carbocycles. The minimum Gasteiger partial charge on any atom is -0.444 e. The molecule has 5 nitrogen and oxygen atoms in total. The molecule has 24 heavy (non-hydrogen) atoms. The number of carbonyl (C=O) groups is 1. The zero-order valence-corrected chi connectivity index (χ0v) is 14.8. The van der Waals surface area contributed by atoms with Crippen molar-refractivity contribution in [3.05, 3.63) is 35.5 Å². The van der Waals surface area contributed by atoms with Crippen molar-refractivity contribution >= 4 is 22.6 Å². The fourth-order valence-electron chi connectivity index (χ4n) is 3.04. The SMILES string of the molecule is Cc1[nH]nc2ccc(C3=CCC(NC(=O)OC(C)(C)C)CC3)cc12. The Kier molecular flexibility index (Phi) is 4.35. The average molecular weight is 327 g/mol. The van der Waals surface area contributed by atoms with Crippen molar-refractivity contribution in [2.75, 3.05) is 0 Å². The molecular weight excluding hydrogens is 302 g/mol. The number of aromatic nitrogens is 2. The van der Waals surface area contributed by atoms with Gasteiger partial charge in [0.15, 0.2) is 0 Å². The summed E-state index contributed by atoms with van der Waals surface area (Å²) in [5, 5.41) is 11.4. The topological polar surface area (TPSA) is 67.0 Å². The van der Waals surface area contributed by atoms with Crippen molar-refractivity contribution in [2.24, 2.45) is 0 Å². The third kappa shape index (κ3) is 3.78. The Morgan fingerprint density at radius 1 is 1.38 bits per heavy atom. The van der Waals surface area contributed by atoms with Crippen molar-refractivity contribution in [2.45, 2.75) is 58.6 Å². The summed E-state index contributed by atoms with van der Waals surface area (Å²) in [6.07, 6.45) is 4.59. The van der Waals surface area contributed by atoms with E-state index in [-0.39, 0.29) is 12.1 Å². The summed E-state index contributed by atoms with van der Waals surface area (Å²) in [7, 11) is 0. The van der Waals surface area contributed by atoms with Gasteiger partial charge in [0.05, 0.1) is 5.52 Å². The lowest BCUT2D eigenvalue weighted by molar-refractivity contribution is 0.0502. The first kappa shape index (κ1) is 16.6. The highest BCUT2D eigenvalue weighted by molar-refractivity contribution is 5.85. The number of ether oxygens (including phenoxy) is 1. The number of aryl methyl sites for hydroxylation is 1. The molecule has 0 bridgehead atoms. The Morgan fingerprint density at radius 3 is 2.83 bits per heavy atom. The molecule has 1 aliphatic carbocycles. The molecule has 1 aromatic carbocycles. The van der Waals surface area contributed by atoms with Gasteiger partial charge in [-0.15, -0.1) is 0 Å². The maximum Gasteiger partial charge on any atom is 0.407 e. The van der Waals surface area contributed by atoms with E-state index in [0.29, 0.717) is 0 Å². The fraction of sp³-hybridized carbons (Fsp3) is 0.474. The second kappa shape index (κ2) is 6.30. The summed E-state index contributed by atoms with van der Waals surface area (Å²) in [6, 6.07) is 6.51. The number of alkyl carbamates (subject to hydrolysis) is 1. The first-order valence-corrected chi connectivity index (χ1v) is 8.45. The first-order chi connectivity index (χ1) is 11.3. The van der Waals surface area contributed by atoms with Crippen LogP contribution in [0.1, 0.15) is 51.3 Å². The molecule has 1 aliphatic rings. The van der Waals surface area contributed by atoms with Gasteiger partial charge in [0, 0.05) is 17.1 Å². The van der Waals surface area contributed by atoms with Gasteiger partial charge in [-0.1, -0.05) is 12.1 Å². The maximum absolute atomic E-state index is 11.9. The molecule has 5 heteroatoms. The zero-order chi connectivity index (χ0) is 17.3. The quantitative estimate of drug-likeness (QED) is 0.862. The van der Waals surface area contributed by atoms with Gasteiger partial charge in [-0.05, 0) is 70.2 Å². The number of rotatable bonds is 2. The van der Waals surface area contributed by atoms with E-state index >= 15 is 0 Å². The van der Waals surface area contributed by atoms with Crippen LogP contribution in [0.3, 0.4) is 0 Å². The molecule has 0 spiro atoms. The molecule has 0 fully saturated rings. The number of benzene rings is 1. The molecule has 1 atom stereocenters. The Balaban J connectivity index is 1.66. The minimum absolute atomic E-state index is 0.142.